The van der Waals surface area contributed by atoms with Gasteiger partial charge in [-0.15, -0.1) is 0 Å². The van der Waals surface area contributed by atoms with Crippen LogP contribution in [0, 0.1) is 0 Å². The summed E-state index contributed by atoms with van der Waals surface area (Å²) in [5, 5.41) is 0. The second-order valence-corrected chi connectivity index (χ2v) is 4.13. The smallest absolute Gasteiger partial charge is 0.454 e. The van der Waals surface area contributed by atoms with Gasteiger partial charge in [0.25, 0.3) is 5.78 Å². The Morgan fingerprint density at radius 3 is 2.33 bits per heavy atom. The van der Waals surface area contributed by atoms with E-state index in [1.54, 1.807) is 36.4 Å². The van der Waals surface area contributed by atoms with E-state index in [0.29, 0.717) is 17.4 Å². The van der Waals surface area contributed by atoms with Crippen molar-refractivity contribution in [3.63, 3.8) is 0 Å². The maximum atomic E-state index is 12.2. The van der Waals surface area contributed by atoms with Gasteiger partial charge in [-0.3, -0.25) is 4.79 Å². The summed E-state index contributed by atoms with van der Waals surface area (Å²) in [5.74, 6) is -1.48. The zero-order valence-corrected chi connectivity index (χ0v) is 11.0. The molecule has 0 aliphatic heterocycles. The zero-order chi connectivity index (χ0) is 15.5. The average Bonchev–Trinajstić information content (AvgIpc) is 2.98. The third-order valence-corrected chi connectivity index (χ3v) is 2.74. The Morgan fingerprint density at radius 1 is 1.19 bits per heavy atom. The lowest BCUT2D eigenvalue weighted by atomic mass is 10.1. The monoisotopic (exact) mass is 296 g/mol. The summed E-state index contributed by atoms with van der Waals surface area (Å²) >= 11 is 0. The molecular formula is C15H11F3O3. The van der Waals surface area contributed by atoms with E-state index in [4.69, 9.17) is 9.15 Å². The van der Waals surface area contributed by atoms with E-state index in [1.807, 2.05) is 0 Å². The van der Waals surface area contributed by atoms with Gasteiger partial charge in [0.05, 0.1) is 13.4 Å². The Balaban J connectivity index is 2.28. The second kappa shape index (κ2) is 5.87. The topological polar surface area (TPSA) is 39.4 Å². The minimum Gasteiger partial charge on any atom is -0.496 e. The van der Waals surface area contributed by atoms with Gasteiger partial charge >= 0.3 is 6.18 Å². The molecule has 0 unspecified atom stereocenters. The molecule has 0 spiro atoms. The molecule has 1 aromatic carbocycles. The van der Waals surface area contributed by atoms with Gasteiger partial charge in [-0.05, 0) is 12.1 Å². The van der Waals surface area contributed by atoms with Crippen molar-refractivity contribution in [2.24, 2.45) is 0 Å². The third-order valence-electron chi connectivity index (χ3n) is 2.74. The largest absolute Gasteiger partial charge is 0.496 e. The van der Waals surface area contributed by atoms with Crippen LogP contribution >= 0.6 is 0 Å². The first-order valence-corrected chi connectivity index (χ1v) is 5.93. The summed E-state index contributed by atoms with van der Waals surface area (Å²) in [6.07, 6.45) is -2.97. The van der Waals surface area contributed by atoms with Crippen LogP contribution in [-0.4, -0.2) is 19.1 Å². The highest BCUT2D eigenvalue weighted by atomic mass is 19.4. The van der Waals surface area contributed by atoms with E-state index >= 15 is 0 Å². The molecule has 0 saturated heterocycles. The van der Waals surface area contributed by atoms with Crippen LogP contribution in [0.2, 0.25) is 0 Å². The second-order valence-electron chi connectivity index (χ2n) is 4.13. The first kappa shape index (κ1) is 14.9. The summed E-state index contributed by atoms with van der Waals surface area (Å²) < 4.78 is 46.8. The molecule has 1 aromatic heterocycles. The van der Waals surface area contributed by atoms with Crippen molar-refractivity contribution in [1.29, 1.82) is 0 Å². The number of ketones is 1. The quantitative estimate of drug-likeness (QED) is 0.631. The normalized spacial score (nSPS) is 12.3. The molecule has 110 valence electrons. The lowest BCUT2D eigenvalue weighted by Gasteiger charge is -2.08. The molecule has 3 nitrogen and oxygen atoms in total. The number of carbonyl (C=O) groups excluding carboxylic acids is 1. The number of rotatable bonds is 4. The van der Waals surface area contributed by atoms with E-state index in [0.717, 1.165) is 5.56 Å². The Morgan fingerprint density at radius 2 is 1.86 bits per heavy atom. The molecule has 0 atom stereocenters. The number of allylic oxidation sites excluding steroid dienone is 1. The average molecular weight is 296 g/mol. The van der Waals surface area contributed by atoms with Crippen LogP contribution in [0.1, 0.15) is 5.56 Å². The van der Waals surface area contributed by atoms with Crippen molar-refractivity contribution in [3.05, 3.63) is 54.3 Å². The van der Waals surface area contributed by atoms with Crippen LogP contribution in [0.4, 0.5) is 13.2 Å². The zero-order valence-electron chi connectivity index (χ0n) is 11.0. The van der Waals surface area contributed by atoms with E-state index in [2.05, 4.69) is 0 Å². The summed E-state index contributed by atoms with van der Waals surface area (Å²) in [4.78, 5) is 11.0. The summed E-state index contributed by atoms with van der Waals surface area (Å²) in [6, 6.07) is 9.92. The number of benzene rings is 1. The van der Waals surface area contributed by atoms with Crippen LogP contribution in [-0.2, 0) is 9.53 Å². The molecule has 0 amide bonds. The molecule has 0 saturated carbocycles. The van der Waals surface area contributed by atoms with Crippen molar-refractivity contribution >= 4 is 11.5 Å². The molecule has 0 fully saturated rings. The predicted molar refractivity (Wildman–Crippen MR) is 70.2 cm³/mol. The first-order valence-electron chi connectivity index (χ1n) is 5.93. The molecule has 6 heteroatoms. The van der Waals surface area contributed by atoms with Gasteiger partial charge < -0.3 is 9.15 Å². The van der Waals surface area contributed by atoms with Crippen molar-refractivity contribution in [1.82, 2.24) is 0 Å². The van der Waals surface area contributed by atoms with Crippen LogP contribution in [0.25, 0.3) is 17.1 Å². The van der Waals surface area contributed by atoms with Crippen LogP contribution < -0.4 is 0 Å². The number of ether oxygens (including phenoxy) is 1. The van der Waals surface area contributed by atoms with Crippen molar-refractivity contribution in [2.45, 2.75) is 6.18 Å². The number of alkyl halides is 3. The lowest BCUT2D eigenvalue weighted by Crippen LogP contribution is -2.20. The molecule has 0 aliphatic rings. The van der Waals surface area contributed by atoms with Crippen molar-refractivity contribution in [2.75, 3.05) is 7.11 Å². The summed E-state index contributed by atoms with van der Waals surface area (Å²) in [7, 11) is 1.20. The molecule has 0 radical (unpaired) electrons. The predicted octanol–water partition coefficient (Wildman–Crippen LogP) is 4.07. The number of hydrogen-bond acceptors (Lipinski definition) is 3. The van der Waals surface area contributed by atoms with E-state index < -0.39 is 12.0 Å². The van der Waals surface area contributed by atoms with E-state index in [-0.39, 0.29) is 5.76 Å². The molecule has 21 heavy (non-hydrogen) atoms. The Labute approximate surface area is 118 Å². The number of halogens is 3. The molecule has 0 N–H and O–H groups in total. The molecule has 2 aromatic rings. The van der Waals surface area contributed by atoms with E-state index in [1.165, 1.54) is 13.4 Å². The number of carbonyl (C=O) groups is 1. The maximum absolute atomic E-state index is 12.2. The fraction of sp³-hybridized carbons (Fsp3) is 0.133. The van der Waals surface area contributed by atoms with Gasteiger partial charge in [0.2, 0.25) is 0 Å². The molecular weight excluding hydrogens is 285 g/mol. The first-order chi connectivity index (χ1) is 9.91. The van der Waals surface area contributed by atoms with E-state index in [9.17, 15) is 18.0 Å². The number of furan rings is 1. The van der Waals surface area contributed by atoms with Gasteiger partial charge in [0.15, 0.2) is 0 Å². The van der Waals surface area contributed by atoms with Crippen LogP contribution in [0.5, 0.6) is 0 Å². The highest BCUT2D eigenvalue weighted by molar-refractivity contribution is 5.99. The van der Waals surface area contributed by atoms with Crippen molar-refractivity contribution in [3.8, 4) is 11.3 Å². The Bertz CT molecular complexity index is 638. The van der Waals surface area contributed by atoms with Gasteiger partial charge in [-0.1, -0.05) is 24.3 Å². The molecule has 2 rings (SSSR count). The third kappa shape index (κ3) is 3.53. The van der Waals surface area contributed by atoms with Gasteiger partial charge in [0, 0.05) is 17.2 Å². The van der Waals surface area contributed by atoms with Gasteiger partial charge in [-0.2, -0.15) is 13.2 Å². The van der Waals surface area contributed by atoms with Gasteiger partial charge in [0.1, 0.15) is 11.5 Å². The fourth-order valence-electron chi connectivity index (χ4n) is 1.70. The molecule has 0 aliphatic carbocycles. The highest BCUT2D eigenvalue weighted by Crippen LogP contribution is 2.25. The lowest BCUT2D eigenvalue weighted by molar-refractivity contribution is -0.165. The molecule has 0 bridgehead atoms. The maximum Gasteiger partial charge on any atom is 0.454 e. The Kier molecular flexibility index (Phi) is 4.16. The number of hydrogen-bond donors (Lipinski definition) is 0. The SMILES string of the molecule is CO/C(=C\C(=O)C(F)(F)F)c1ccc(-c2ccco2)cc1. The summed E-state index contributed by atoms with van der Waals surface area (Å²) in [6.45, 7) is 0. The number of methoxy groups -OCH3 is 1. The van der Waals surface area contributed by atoms with Crippen LogP contribution in [0.15, 0.2) is 53.2 Å². The van der Waals surface area contributed by atoms with Crippen LogP contribution in [0.3, 0.4) is 0 Å². The van der Waals surface area contributed by atoms with Crippen molar-refractivity contribution < 1.29 is 27.1 Å². The summed E-state index contributed by atoms with van der Waals surface area (Å²) in [5.41, 5.74) is 1.13. The minimum absolute atomic E-state index is 0.150. The highest BCUT2D eigenvalue weighted by Gasteiger charge is 2.37. The fourth-order valence-corrected chi connectivity index (χ4v) is 1.70. The molecule has 1 heterocycles. The Hall–Kier alpha value is -2.50. The minimum atomic E-state index is -4.92. The van der Waals surface area contributed by atoms with Gasteiger partial charge in [-0.25, -0.2) is 0 Å². The standard InChI is InChI=1S/C15H11F3O3/c1-20-13(9-14(19)15(16,17)18)11-6-4-10(5-7-11)12-3-2-8-21-12/h2-9H,1H3/b13-9-.